The van der Waals surface area contributed by atoms with E-state index in [0.29, 0.717) is 32.3 Å². The molecule has 1 saturated heterocycles. The third kappa shape index (κ3) is 3.87. The zero-order chi connectivity index (χ0) is 16.2. The van der Waals surface area contributed by atoms with Crippen molar-refractivity contribution in [2.24, 2.45) is 4.99 Å². The summed E-state index contributed by atoms with van der Waals surface area (Å²) >= 11 is 0. The van der Waals surface area contributed by atoms with Crippen LogP contribution in [0, 0.1) is 6.92 Å². The Morgan fingerprint density at radius 2 is 2.04 bits per heavy atom. The summed E-state index contributed by atoms with van der Waals surface area (Å²) in [6.45, 7) is 4.61. The first-order chi connectivity index (χ1) is 11.1. The highest BCUT2D eigenvalue weighted by atomic mass is 16.5. The van der Waals surface area contributed by atoms with Gasteiger partial charge in [-0.1, -0.05) is 17.7 Å². The summed E-state index contributed by atoms with van der Waals surface area (Å²) in [6, 6.07) is 6.85. The average Bonchev–Trinajstić information content (AvgIpc) is 2.91. The smallest absolute Gasteiger partial charge is 0.252 e. The number of nitrogens with one attached hydrogen (secondary N) is 2. The minimum Gasteiger partial charge on any atom is -0.378 e. The minimum absolute atomic E-state index is 0.0353. The Balaban J connectivity index is 1.58. The van der Waals surface area contributed by atoms with Crippen molar-refractivity contribution >= 4 is 23.5 Å². The molecule has 2 aliphatic heterocycles. The summed E-state index contributed by atoms with van der Waals surface area (Å²) in [7, 11) is 0. The van der Waals surface area contributed by atoms with E-state index in [2.05, 4.69) is 15.6 Å². The van der Waals surface area contributed by atoms with E-state index in [1.165, 1.54) is 0 Å². The normalized spacial score (nSPS) is 20.9. The molecule has 7 heteroatoms. The summed E-state index contributed by atoms with van der Waals surface area (Å²) < 4.78 is 5.28. The summed E-state index contributed by atoms with van der Waals surface area (Å²) in [6.07, 6.45) is 0.0353. The van der Waals surface area contributed by atoms with Crippen LogP contribution in [0.25, 0.3) is 0 Å². The van der Waals surface area contributed by atoms with E-state index >= 15 is 0 Å². The summed E-state index contributed by atoms with van der Waals surface area (Å²) in [5.74, 6) is 0.0953. The lowest BCUT2D eigenvalue weighted by Gasteiger charge is -2.27. The molecule has 122 valence electrons. The van der Waals surface area contributed by atoms with Crippen molar-refractivity contribution in [1.82, 2.24) is 10.2 Å². The van der Waals surface area contributed by atoms with E-state index in [1.54, 1.807) is 0 Å². The fourth-order valence-corrected chi connectivity index (χ4v) is 2.53. The lowest BCUT2D eigenvalue weighted by atomic mass is 10.2. The molecule has 7 nitrogen and oxygen atoms in total. The van der Waals surface area contributed by atoms with E-state index < -0.39 is 6.04 Å². The van der Waals surface area contributed by atoms with E-state index in [0.717, 1.165) is 11.3 Å². The molecular formula is C16H20N4O3. The van der Waals surface area contributed by atoms with Gasteiger partial charge in [0.2, 0.25) is 11.9 Å². The highest BCUT2D eigenvalue weighted by Gasteiger charge is 2.31. The van der Waals surface area contributed by atoms with Crippen LogP contribution in [-0.4, -0.2) is 55.0 Å². The SMILES string of the molecule is Cc1ccc(NC(=O)C[C@@H]2N=C(N3CCOCC3)NC2=O)cc1. The lowest BCUT2D eigenvalue weighted by molar-refractivity contribution is -0.124. The number of aliphatic imine (C=N–C) groups is 1. The number of hydrogen-bond donors (Lipinski definition) is 2. The van der Waals surface area contributed by atoms with Crippen LogP contribution in [-0.2, 0) is 14.3 Å². The summed E-state index contributed by atoms with van der Waals surface area (Å²) in [5.41, 5.74) is 1.84. The van der Waals surface area contributed by atoms with Crippen molar-refractivity contribution in [2.75, 3.05) is 31.6 Å². The zero-order valence-electron chi connectivity index (χ0n) is 13.0. The molecule has 23 heavy (non-hydrogen) atoms. The molecule has 2 N–H and O–H groups in total. The molecule has 1 atom stereocenters. The van der Waals surface area contributed by atoms with Crippen molar-refractivity contribution in [3.63, 3.8) is 0 Å². The Bertz CT molecular complexity index is 621. The van der Waals surface area contributed by atoms with E-state index in [1.807, 2.05) is 36.1 Å². The second-order valence-corrected chi connectivity index (χ2v) is 5.68. The fourth-order valence-electron chi connectivity index (χ4n) is 2.53. The first-order valence-corrected chi connectivity index (χ1v) is 7.70. The molecule has 0 spiro atoms. The highest BCUT2D eigenvalue weighted by Crippen LogP contribution is 2.13. The summed E-state index contributed by atoms with van der Waals surface area (Å²) in [5, 5.41) is 5.54. The number of hydrogen-bond acceptors (Lipinski definition) is 5. The van der Waals surface area contributed by atoms with Gasteiger partial charge in [-0.3, -0.25) is 14.9 Å². The Morgan fingerprint density at radius 3 is 2.74 bits per heavy atom. The predicted molar refractivity (Wildman–Crippen MR) is 86.2 cm³/mol. The first kappa shape index (κ1) is 15.5. The number of benzene rings is 1. The van der Waals surface area contributed by atoms with Crippen LogP contribution < -0.4 is 10.6 Å². The van der Waals surface area contributed by atoms with Crippen LogP contribution in [0.3, 0.4) is 0 Å². The molecule has 0 bridgehead atoms. The Morgan fingerprint density at radius 1 is 1.35 bits per heavy atom. The molecule has 2 amide bonds. The highest BCUT2D eigenvalue weighted by molar-refractivity contribution is 6.07. The van der Waals surface area contributed by atoms with Gasteiger partial charge in [-0.2, -0.15) is 0 Å². The average molecular weight is 316 g/mol. The number of ether oxygens (including phenoxy) is 1. The van der Waals surface area contributed by atoms with E-state index in [4.69, 9.17) is 4.74 Å². The van der Waals surface area contributed by atoms with Crippen LogP contribution >= 0.6 is 0 Å². The quantitative estimate of drug-likeness (QED) is 0.851. The van der Waals surface area contributed by atoms with Crippen molar-refractivity contribution < 1.29 is 14.3 Å². The number of rotatable bonds is 3. The maximum Gasteiger partial charge on any atom is 0.252 e. The van der Waals surface area contributed by atoms with Crippen molar-refractivity contribution in [3.05, 3.63) is 29.8 Å². The molecule has 2 aliphatic rings. The molecule has 1 fully saturated rings. The minimum atomic E-state index is -0.668. The first-order valence-electron chi connectivity index (χ1n) is 7.70. The molecule has 2 heterocycles. The van der Waals surface area contributed by atoms with Crippen LogP contribution in [0.2, 0.25) is 0 Å². The number of carbonyl (C=O) groups is 2. The van der Waals surface area contributed by atoms with Crippen LogP contribution in [0.1, 0.15) is 12.0 Å². The van der Waals surface area contributed by atoms with Gasteiger partial charge >= 0.3 is 0 Å². The number of morpholine rings is 1. The molecule has 0 unspecified atom stereocenters. The van der Waals surface area contributed by atoms with Gasteiger partial charge in [-0.25, -0.2) is 4.99 Å². The zero-order valence-corrected chi connectivity index (χ0v) is 13.0. The topological polar surface area (TPSA) is 83.0 Å². The van der Waals surface area contributed by atoms with Gasteiger partial charge < -0.3 is 15.0 Å². The number of nitrogens with zero attached hydrogens (tertiary/aromatic N) is 2. The van der Waals surface area contributed by atoms with Gasteiger partial charge in [0.25, 0.3) is 5.91 Å². The maximum atomic E-state index is 12.1. The van der Waals surface area contributed by atoms with Gasteiger partial charge in [-0.15, -0.1) is 0 Å². The van der Waals surface area contributed by atoms with Gasteiger partial charge in [0, 0.05) is 18.8 Å². The lowest BCUT2D eigenvalue weighted by Crippen LogP contribution is -2.46. The maximum absolute atomic E-state index is 12.1. The second kappa shape index (κ2) is 6.78. The predicted octanol–water partition coefficient (Wildman–Crippen LogP) is 0.510. The van der Waals surface area contributed by atoms with Crippen molar-refractivity contribution in [2.45, 2.75) is 19.4 Å². The fraction of sp³-hybridized carbons (Fsp3) is 0.438. The molecule has 3 rings (SSSR count). The largest absolute Gasteiger partial charge is 0.378 e. The van der Waals surface area contributed by atoms with Gasteiger partial charge in [-0.05, 0) is 19.1 Å². The van der Waals surface area contributed by atoms with Gasteiger partial charge in [0.1, 0.15) is 6.04 Å². The summed E-state index contributed by atoms with van der Waals surface area (Å²) in [4.78, 5) is 30.4. The van der Waals surface area contributed by atoms with Gasteiger partial charge in [0.15, 0.2) is 0 Å². The molecule has 0 saturated carbocycles. The van der Waals surface area contributed by atoms with Crippen LogP contribution in [0.5, 0.6) is 0 Å². The Kier molecular flexibility index (Phi) is 4.57. The van der Waals surface area contributed by atoms with Gasteiger partial charge in [0.05, 0.1) is 19.6 Å². The van der Waals surface area contributed by atoms with Crippen LogP contribution in [0.15, 0.2) is 29.3 Å². The standard InChI is InChI=1S/C16H20N4O3/c1-11-2-4-12(5-3-11)17-14(21)10-13-15(22)19-16(18-13)20-6-8-23-9-7-20/h2-5,13H,6-10H2,1H3,(H,17,21)(H,18,19,22)/t13-/m0/s1. The molecule has 0 aliphatic carbocycles. The van der Waals surface area contributed by atoms with E-state index in [9.17, 15) is 9.59 Å². The third-order valence-electron chi connectivity index (χ3n) is 3.84. The molecule has 0 aromatic heterocycles. The number of aryl methyl sites for hydroxylation is 1. The second-order valence-electron chi connectivity index (χ2n) is 5.68. The van der Waals surface area contributed by atoms with Crippen molar-refractivity contribution in [1.29, 1.82) is 0 Å². The number of guanidine groups is 1. The Hall–Kier alpha value is -2.41. The molecule has 1 aromatic carbocycles. The third-order valence-corrected chi connectivity index (χ3v) is 3.84. The molecular weight excluding hydrogens is 296 g/mol. The molecule has 1 aromatic rings. The van der Waals surface area contributed by atoms with Crippen LogP contribution in [0.4, 0.5) is 5.69 Å². The number of amides is 2. The Labute approximate surface area is 134 Å². The van der Waals surface area contributed by atoms with Crippen molar-refractivity contribution in [3.8, 4) is 0 Å². The van der Waals surface area contributed by atoms with E-state index in [-0.39, 0.29) is 18.2 Å². The monoisotopic (exact) mass is 316 g/mol. The number of carbonyl (C=O) groups excluding carboxylic acids is 2. The number of anilines is 1. The molecule has 0 radical (unpaired) electrons.